The van der Waals surface area contributed by atoms with Gasteiger partial charge >= 0.3 is 0 Å². The number of aromatic nitrogens is 1. The Bertz CT molecular complexity index is 643. The minimum Gasteiger partial charge on any atom is -0.363 e. The molecule has 1 unspecified atom stereocenters. The van der Waals surface area contributed by atoms with Crippen molar-refractivity contribution >= 4 is 47.1 Å². The molecule has 0 spiro atoms. The van der Waals surface area contributed by atoms with Gasteiger partial charge in [0.05, 0.1) is 12.2 Å². The van der Waals surface area contributed by atoms with Gasteiger partial charge in [0.15, 0.2) is 5.96 Å². The van der Waals surface area contributed by atoms with Crippen molar-refractivity contribution in [1.82, 2.24) is 15.6 Å². The quantitative estimate of drug-likeness (QED) is 0.366. The van der Waals surface area contributed by atoms with E-state index in [2.05, 4.69) is 51.3 Å². The molecule has 0 fully saturated rings. The lowest BCUT2D eigenvalue weighted by Crippen LogP contribution is -2.39. The molecule has 25 heavy (non-hydrogen) atoms. The molecule has 2 aromatic rings. The number of anilines is 1. The molecule has 0 bridgehead atoms. The number of hydrogen-bond donors (Lipinski definition) is 2. The lowest BCUT2D eigenvalue weighted by Gasteiger charge is -2.15. The number of halogens is 1. The summed E-state index contributed by atoms with van der Waals surface area (Å²) in [7, 11) is 3.99. The molecule has 0 aliphatic rings. The third kappa shape index (κ3) is 7.19. The Morgan fingerprint density at radius 3 is 2.72 bits per heavy atom. The molecule has 2 N–H and O–H groups in total. The van der Waals surface area contributed by atoms with Crippen LogP contribution >= 0.6 is 35.3 Å². The predicted octanol–water partition coefficient (Wildman–Crippen LogP) is 3.69. The molecule has 2 heterocycles. The van der Waals surface area contributed by atoms with Gasteiger partial charge in [-0.2, -0.15) is 11.3 Å². The van der Waals surface area contributed by atoms with E-state index in [1.807, 2.05) is 37.2 Å². The van der Waals surface area contributed by atoms with Crippen LogP contribution < -0.4 is 15.5 Å². The molecule has 0 radical (unpaired) electrons. The van der Waals surface area contributed by atoms with E-state index in [-0.39, 0.29) is 24.0 Å². The van der Waals surface area contributed by atoms with Crippen molar-refractivity contribution in [2.24, 2.45) is 4.99 Å². The monoisotopic (exact) mass is 473 g/mol. The van der Waals surface area contributed by atoms with E-state index in [0.29, 0.717) is 12.5 Å². The summed E-state index contributed by atoms with van der Waals surface area (Å²) in [5.74, 6) is 2.23. The van der Waals surface area contributed by atoms with Gasteiger partial charge in [0.1, 0.15) is 5.82 Å². The maximum Gasteiger partial charge on any atom is 0.191 e. The van der Waals surface area contributed by atoms with Crippen LogP contribution in [0, 0.1) is 0 Å². The van der Waals surface area contributed by atoms with Crippen molar-refractivity contribution in [3.8, 4) is 0 Å². The maximum atomic E-state index is 4.65. The van der Waals surface area contributed by atoms with Gasteiger partial charge in [0.25, 0.3) is 0 Å². The van der Waals surface area contributed by atoms with E-state index < -0.39 is 0 Å². The molecule has 0 amide bonds. The van der Waals surface area contributed by atoms with Crippen molar-refractivity contribution in [3.63, 3.8) is 0 Å². The highest BCUT2D eigenvalue weighted by molar-refractivity contribution is 14.0. The number of hydrogen-bond acceptors (Lipinski definition) is 4. The van der Waals surface area contributed by atoms with Crippen LogP contribution in [0.4, 0.5) is 5.82 Å². The van der Waals surface area contributed by atoms with Crippen LogP contribution in [0.15, 0.2) is 40.0 Å². The highest BCUT2D eigenvalue weighted by Gasteiger charge is 2.07. The lowest BCUT2D eigenvalue weighted by atomic mass is 10.1. The van der Waals surface area contributed by atoms with Crippen molar-refractivity contribution < 1.29 is 0 Å². The van der Waals surface area contributed by atoms with Crippen molar-refractivity contribution in [2.75, 3.05) is 32.1 Å². The Hall–Kier alpha value is -1.35. The van der Waals surface area contributed by atoms with Gasteiger partial charge in [0, 0.05) is 27.2 Å². The zero-order valence-corrected chi connectivity index (χ0v) is 18.5. The molecule has 5 nitrogen and oxygen atoms in total. The molecule has 138 valence electrons. The Kier molecular flexibility index (Phi) is 9.81. The minimum atomic E-state index is 0. The third-order valence-electron chi connectivity index (χ3n) is 3.68. The second-order valence-corrected chi connectivity index (χ2v) is 6.70. The van der Waals surface area contributed by atoms with Gasteiger partial charge in [-0.3, -0.25) is 0 Å². The highest BCUT2D eigenvalue weighted by Crippen LogP contribution is 2.17. The molecule has 1 atom stereocenters. The summed E-state index contributed by atoms with van der Waals surface area (Å²) in [5.41, 5.74) is 2.33. The molecule has 0 saturated carbocycles. The summed E-state index contributed by atoms with van der Waals surface area (Å²) in [6.07, 6.45) is 0. The van der Waals surface area contributed by atoms with Gasteiger partial charge in [-0.15, -0.1) is 24.0 Å². The summed E-state index contributed by atoms with van der Waals surface area (Å²) in [5, 5.41) is 11.0. The van der Waals surface area contributed by atoms with Gasteiger partial charge in [-0.05, 0) is 47.4 Å². The standard InChI is InChI=1S/C18H27N5S.HI/c1-5-19-18(20-11-14(2)15-9-10-24-13-15)21-12-16-7-6-8-17(22-16)23(3)4;/h6-10,13-14H,5,11-12H2,1-4H3,(H2,19,20,21);1H. The summed E-state index contributed by atoms with van der Waals surface area (Å²) in [6.45, 7) is 6.55. The van der Waals surface area contributed by atoms with Gasteiger partial charge in [-0.1, -0.05) is 13.0 Å². The molecule has 2 rings (SSSR count). The Balaban J connectivity index is 0.00000312. The van der Waals surface area contributed by atoms with E-state index in [1.54, 1.807) is 11.3 Å². The number of rotatable bonds is 7. The zero-order valence-electron chi connectivity index (χ0n) is 15.3. The van der Waals surface area contributed by atoms with Crippen LogP contribution in [0.5, 0.6) is 0 Å². The van der Waals surface area contributed by atoms with Crippen molar-refractivity contribution in [1.29, 1.82) is 0 Å². The number of nitrogens with one attached hydrogen (secondary N) is 2. The molecule has 0 aliphatic heterocycles. The fourth-order valence-corrected chi connectivity index (χ4v) is 3.01. The van der Waals surface area contributed by atoms with Gasteiger partial charge < -0.3 is 15.5 Å². The van der Waals surface area contributed by atoms with E-state index in [1.165, 1.54) is 5.56 Å². The minimum absolute atomic E-state index is 0. The largest absolute Gasteiger partial charge is 0.363 e. The fourth-order valence-electron chi connectivity index (χ4n) is 2.23. The number of aliphatic imine (C=N–C) groups is 1. The Labute approximate surface area is 172 Å². The average molecular weight is 473 g/mol. The summed E-state index contributed by atoms with van der Waals surface area (Å²) in [4.78, 5) is 11.3. The summed E-state index contributed by atoms with van der Waals surface area (Å²) in [6, 6.07) is 8.21. The van der Waals surface area contributed by atoms with E-state index in [9.17, 15) is 0 Å². The van der Waals surface area contributed by atoms with Crippen molar-refractivity contribution in [2.45, 2.75) is 26.3 Å². The van der Waals surface area contributed by atoms with E-state index >= 15 is 0 Å². The smallest absolute Gasteiger partial charge is 0.191 e. The first kappa shape index (κ1) is 21.7. The van der Waals surface area contributed by atoms with Crippen LogP contribution in [0.25, 0.3) is 0 Å². The molecular weight excluding hydrogens is 445 g/mol. The first-order chi connectivity index (χ1) is 11.6. The number of thiophene rings is 1. The second kappa shape index (κ2) is 11.3. The number of nitrogens with zero attached hydrogens (tertiary/aromatic N) is 3. The maximum absolute atomic E-state index is 4.65. The normalized spacial score (nSPS) is 12.2. The molecular formula is C18H28IN5S. The Morgan fingerprint density at radius 1 is 1.28 bits per heavy atom. The molecule has 2 aromatic heterocycles. The first-order valence-corrected chi connectivity index (χ1v) is 9.22. The zero-order chi connectivity index (χ0) is 17.4. The lowest BCUT2D eigenvalue weighted by molar-refractivity contribution is 0.701. The first-order valence-electron chi connectivity index (χ1n) is 8.27. The second-order valence-electron chi connectivity index (χ2n) is 5.92. The van der Waals surface area contributed by atoms with Crippen LogP contribution in [0.2, 0.25) is 0 Å². The van der Waals surface area contributed by atoms with Crippen LogP contribution in [-0.2, 0) is 6.54 Å². The molecule has 7 heteroatoms. The summed E-state index contributed by atoms with van der Waals surface area (Å²) >= 11 is 1.74. The SMILES string of the molecule is CCNC(=NCc1cccc(N(C)C)n1)NCC(C)c1ccsc1.I. The van der Waals surface area contributed by atoms with Crippen molar-refractivity contribution in [3.05, 3.63) is 46.3 Å². The van der Waals surface area contributed by atoms with E-state index in [0.717, 1.165) is 30.6 Å². The van der Waals surface area contributed by atoms with Crippen LogP contribution in [-0.4, -0.2) is 38.1 Å². The predicted molar refractivity (Wildman–Crippen MR) is 120 cm³/mol. The fraction of sp³-hybridized carbons (Fsp3) is 0.444. The highest BCUT2D eigenvalue weighted by atomic mass is 127. The topological polar surface area (TPSA) is 52.6 Å². The molecule has 0 aromatic carbocycles. The Morgan fingerprint density at radius 2 is 2.08 bits per heavy atom. The molecule has 0 saturated heterocycles. The van der Waals surface area contributed by atoms with Gasteiger partial charge in [0.2, 0.25) is 0 Å². The van der Waals surface area contributed by atoms with Crippen LogP contribution in [0.3, 0.4) is 0 Å². The summed E-state index contributed by atoms with van der Waals surface area (Å²) < 4.78 is 0. The third-order valence-corrected chi connectivity index (χ3v) is 4.38. The van der Waals surface area contributed by atoms with Gasteiger partial charge in [-0.25, -0.2) is 9.98 Å². The van der Waals surface area contributed by atoms with E-state index in [4.69, 9.17) is 0 Å². The molecule has 0 aliphatic carbocycles. The number of pyridine rings is 1. The van der Waals surface area contributed by atoms with Crippen LogP contribution in [0.1, 0.15) is 31.0 Å². The number of guanidine groups is 1. The average Bonchev–Trinajstić information content (AvgIpc) is 3.12.